The number of carbonyl (C=O) groups is 2. The van der Waals surface area contributed by atoms with Gasteiger partial charge in [0.05, 0.1) is 6.61 Å². The summed E-state index contributed by atoms with van der Waals surface area (Å²) >= 11 is 0. The van der Waals surface area contributed by atoms with E-state index in [1.807, 2.05) is 0 Å². The van der Waals surface area contributed by atoms with E-state index in [2.05, 4.69) is 45.1 Å². The lowest BCUT2D eigenvalue weighted by molar-refractivity contribution is -0.163. The van der Waals surface area contributed by atoms with Gasteiger partial charge in [0.25, 0.3) is 0 Å². The first-order valence-electron chi connectivity index (χ1n) is 22.9. The SMILES string of the molecule is CCCCCCCC/C=C\CCCCCCCC(=O)OCC(COCCCCCCCC)OC(=O)CCCCCCC/C=C\CCCCCCCC. The van der Waals surface area contributed by atoms with E-state index in [-0.39, 0.29) is 25.2 Å². The zero-order chi connectivity index (χ0) is 37.8. The lowest BCUT2D eigenvalue weighted by Gasteiger charge is -2.18. The Morgan fingerprint density at radius 1 is 0.404 bits per heavy atom. The van der Waals surface area contributed by atoms with Crippen molar-refractivity contribution in [2.75, 3.05) is 19.8 Å². The first kappa shape index (κ1) is 50.4. The normalized spacial score (nSPS) is 12.3. The summed E-state index contributed by atoms with van der Waals surface area (Å²) in [6.45, 7) is 7.78. The zero-order valence-corrected chi connectivity index (χ0v) is 35.1. The van der Waals surface area contributed by atoms with Crippen LogP contribution in [0, 0.1) is 0 Å². The lowest BCUT2D eigenvalue weighted by Crippen LogP contribution is -2.30. The Labute approximate surface area is 324 Å². The van der Waals surface area contributed by atoms with Crippen molar-refractivity contribution >= 4 is 11.9 Å². The van der Waals surface area contributed by atoms with Gasteiger partial charge in [-0.15, -0.1) is 0 Å². The third-order valence-electron chi connectivity index (χ3n) is 9.96. The van der Waals surface area contributed by atoms with Crippen molar-refractivity contribution in [1.29, 1.82) is 0 Å². The highest BCUT2D eigenvalue weighted by atomic mass is 16.6. The number of esters is 2. The number of allylic oxidation sites excluding steroid dienone is 4. The Bertz CT molecular complexity index is 791. The molecule has 0 aliphatic rings. The van der Waals surface area contributed by atoms with E-state index >= 15 is 0 Å². The van der Waals surface area contributed by atoms with Crippen LogP contribution in [0.4, 0.5) is 0 Å². The van der Waals surface area contributed by atoms with Gasteiger partial charge in [-0.25, -0.2) is 0 Å². The van der Waals surface area contributed by atoms with Crippen molar-refractivity contribution in [3.8, 4) is 0 Å². The van der Waals surface area contributed by atoms with E-state index in [1.165, 1.54) is 141 Å². The van der Waals surface area contributed by atoms with Crippen molar-refractivity contribution < 1.29 is 23.8 Å². The molecule has 0 heterocycles. The second kappa shape index (κ2) is 43.8. The molecule has 5 heteroatoms. The summed E-state index contributed by atoms with van der Waals surface area (Å²) in [7, 11) is 0. The molecule has 0 bridgehead atoms. The van der Waals surface area contributed by atoms with Crippen LogP contribution in [0.1, 0.15) is 239 Å². The van der Waals surface area contributed by atoms with Crippen LogP contribution >= 0.6 is 0 Å². The van der Waals surface area contributed by atoms with Crippen molar-refractivity contribution in [1.82, 2.24) is 0 Å². The Hall–Kier alpha value is -1.62. The van der Waals surface area contributed by atoms with E-state index in [9.17, 15) is 9.59 Å². The van der Waals surface area contributed by atoms with E-state index in [1.54, 1.807) is 0 Å². The summed E-state index contributed by atoms with van der Waals surface area (Å²) in [6, 6.07) is 0. The minimum absolute atomic E-state index is 0.0819. The predicted octanol–water partition coefficient (Wildman–Crippen LogP) is 14.9. The molecule has 0 aromatic heterocycles. The van der Waals surface area contributed by atoms with Gasteiger partial charge in [-0.05, 0) is 70.6 Å². The van der Waals surface area contributed by atoms with Crippen LogP contribution in [-0.4, -0.2) is 37.9 Å². The van der Waals surface area contributed by atoms with E-state index in [0.29, 0.717) is 19.4 Å². The number of carbonyl (C=O) groups excluding carboxylic acids is 2. The molecule has 0 aliphatic carbocycles. The molecule has 1 atom stereocenters. The Morgan fingerprint density at radius 3 is 1.17 bits per heavy atom. The molecule has 0 radical (unpaired) electrons. The molecule has 0 rings (SSSR count). The first-order valence-corrected chi connectivity index (χ1v) is 22.9. The molecule has 52 heavy (non-hydrogen) atoms. The first-order chi connectivity index (χ1) is 25.6. The average molecular weight is 733 g/mol. The van der Waals surface area contributed by atoms with Crippen LogP contribution < -0.4 is 0 Å². The maximum absolute atomic E-state index is 12.7. The Morgan fingerprint density at radius 2 is 0.750 bits per heavy atom. The topological polar surface area (TPSA) is 61.8 Å². The highest BCUT2D eigenvalue weighted by Crippen LogP contribution is 2.13. The molecule has 0 aromatic rings. The van der Waals surface area contributed by atoms with Gasteiger partial charge in [0.15, 0.2) is 6.10 Å². The van der Waals surface area contributed by atoms with Crippen molar-refractivity contribution in [3.05, 3.63) is 24.3 Å². The standard InChI is InChI=1S/C47H88O5/c1-4-7-10-13-16-18-20-22-24-26-28-30-32-34-37-40-46(48)51-44-45(43-50-42-39-36-15-12-9-6-3)52-47(49)41-38-35-33-31-29-27-25-23-21-19-17-14-11-8-5-2/h22-25,45H,4-21,26-44H2,1-3H3/b24-22-,25-23-. The number of unbranched alkanes of at least 4 members (excludes halogenated alkanes) is 27. The number of rotatable bonds is 42. The molecule has 5 nitrogen and oxygen atoms in total. The molecule has 0 spiro atoms. The fourth-order valence-electron chi connectivity index (χ4n) is 6.50. The van der Waals surface area contributed by atoms with E-state index in [4.69, 9.17) is 14.2 Å². The molecular formula is C47H88O5. The van der Waals surface area contributed by atoms with Crippen LogP contribution in [0.25, 0.3) is 0 Å². The predicted molar refractivity (Wildman–Crippen MR) is 224 cm³/mol. The molecule has 306 valence electrons. The number of hydrogen-bond acceptors (Lipinski definition) is 5. The molecule has 0 amide bonds. The van der Waals surface area contributed by atoms with Crippen molar-refractivity contribution in [3.63, 3.8) is 0 Å². The summed E-state index contributed by atoms with van der Waals surface area (Å²) in [5, 5.41) is 0. The highest BCUT2D eigenvalue weighted by molar-refractivity contribution is 5.70. The van der Waals surface area contributed by atoms with Gasteiger partial charge in [0, 0.05) is 19.4 Å². The molecule has 1 unspecified atom stereocenters. The summed E-state index contributed by atoms with van der Waals surface area (Å²) < 4.78 is 17.2. The quantitative estimate of drug-likeness (QED) is 0.0355. The van der Waals surface area contributed by atoms with Crippen LogP contribution in [0.2, 0.25) is 0 Å². The summed E-state index contributed by atoms with van der Waals surface area (Å²) in [5.41, 5.74) is 0. The minimum atomic E-state index is -0.534. The average Bonchev–Trinajstić information content (AvgIpc) is 3.14. The van der Waals surface area contributed by atoms with Crippen LogP contribution in [-0.2, 0) is 23.8 Å². The zero-order valence-electron chi connectivity index (χ0n) is 35.1. The maximum atomic E-state index is 12.7. The van der Waals surface area contributed by atoms with E-state index in [0.717, 1.165) is 64.2 Å². The molecule has 0 fully saturated rings. The van der Waals surface area contributed by atoms with Gasteiger partial charge >= 0.3 is 11.9 Å². The van der Waals surface area contributed by atoms with Crippen LogP contribution in [0.5, 0.6) is 0 Å². The lowest BCUT2D eigenvalue weighted by atomic mass is 10.1. The van der Waals surface area contributed by atoms with Gasteiger partial charge in [-0.3, -0.25) is 9.59 Å². The third-order valence-corrected chi connectivity index (χ3v) is 9.96. The van der Waals surface area contributed by atoms with Crippen molar-refractivity contribution in [2.24, 2.45) is 0 Å². The van der Waals surface area contributed by atoms with Gasteiger partial charge < -0.3 is 14.2 Å². The van der Waals surface area contributed by atoms with Gasteiger partial charge in [0.1, 0.15) is 6.61 Å². The van der Waals surface area contributed by atoms with Crippen molar-refractivity contribution in [2.45, 2.75) is 245 Å². The highest BCUT2D eigenvalue weighted by Gasteiger charge is 2.17. The second-order valence-electron chi connectivity index (χ2n) is 15.3. The van der Waals surface area contributed by atoms with Crippen LogP contribution in [0.15, 0.2) is 24.3 Å². The monoisotopic (exact) mass is 733 g/mol. The number of hydrogen-bond donors (Lipinski definition) is 0. The summed E-state index contributed by atoms with van der Waals surface area (Å²) in [6.07, 6.45) is 48.9. The van der Waals surface area contributed by atoms with Gasteiger partial charge in [-0.1, -0.05) is 180 Å². The Kier molecular flexibility index (Phi) is 42.4. The second-order valence-corrected chi connectivity index (χ2v) is 15.3. The smallest absolute Gasteiger partial charge is 0.306 e. The summed E-state index contributed by atoms with van der Waals surface area (Å²) in [4.78, 5) is 25.1. The maximum Gasteiger partial charge on any atom is 0.306 e. The fraction of sp³-hybridized carbons (Fsp3) is 0.872. The molecule has 0 saturated heterocycles. The molecule has 0 aliphatic heterocycles. The van der Waals surface area contributed by atoms with Crippen LogP contribution in [0.3, 0.4) is 0 Å². The van der Waals surface area contributed by atoms with Gasteiger partial charge in [0.2, 0.25) is 0 Å². The molecule has 0 aromatic carbocycles. The Balaban J connectivity index is 4.12. The largest absolute Gasteiger partial charge is 0.462 e. The third kappa shape index (κ3) is 41.1. The van der Waals surface area contributed by atoms with E-state index < -0.39 is 6.10 Å². The molecular weight excluding hydrogens is 645 g/mol. The van der Waals surface area contributed by atoms with Gasteiger partial charge in [-0.2, -0.15) is 0 Å². The molecule has 0 N–H and O–H groups in total. The fourth-order valence-corrected chi connectivity index (χ4v) is 6.50. The number of ether oxygens (including phenoxy) is 3. The summed E-state index contributed by atoms with van der Waals surface area (Å²) in [5.74, 6) is -0.411. The minimum Gasteiger partial charge on any atom is -0.462 e. The molecule has 0 saturated carbocycles.